The summed E-state index contributed by atoms with van der Waals surface area (Å²) >= 11 is 0. The van der Waals surface area contributed by atoms with Crippen LogP contribution < -0.4 is 16.0 Å². The van der Waals surface area contributed by atoms with Crippen LogP contribution in [0.15, 0.2) is 12.1 Å². The van der Waals surface area contributed by atoms with Crippen LogP contribution in [0.25, 0.3) is 0 Å². The van der Waals surface area contributed by atoms with Gasteiger partial charge in [-0.1, -0.05) is 6.92 Å². The van der Waals surface area contributed by atoms with Crippen molar-refractivity contribution in [3.05, 3.63) is 23.5 Å². The van der Waals surface area contributed by atoms with E-state index in [-0.39, 0.29) is 22.8 Å². The second kappa shape index (κ2) is 5.99. The Morgan fingerprint density at radius 2 is 2.29 bits per heavy atom. The number of hydrogen-bond acceptors (Lipinski definition) is 5. The summed E-state index contributed by atoms with van der Waals surface area (Å²) in [6, 6.07) is 1.96. The Kier molecular flexibility index (Phi) is 4.30. The van der Waals surface area contributed by atoms with Gasteiger partial charge in [0.25, 0.3) is 0 Å². The number of nitrogens with two attached hydrogens (primary N) is 1. The molecule has 0 spiro atoms. The fourth-order valence-corrected chi connectivity index (χ4v) is 2.49. The lowest BCUT2D eigenvalue weighted by molar-refractivity contribution is -0.123. The Morgan fingerprint density at radius 1 is 1.57 bits per heavy atom. The topological polar surface area (TPSA) is 84.7 Å². The van der Waals surface area contributed by atoms with E-state index < -0.39 is 17.8 Å². The quantitative estimate of drug-likeness (QED) is 0.639. The van der Waals surface area contributed by atoms with Crippen molar-refractivity contribution in [2.24, 2.45) is 0 Å². The van der Waals surface area contributed by atoms with Gasteiger partial charge >= 0.3 is 5.97 Å². The summed E-state index contributed by atoms with van der Waals surface area (Å²) in [6.07, 6.45) is 0.531. The number of hydrogen-bond donors (Lipinski definition) is 2. The molecule has 2 rings (SSSR count). The second-order valence-corrected chi connectivity index (χ2v) is 4.79. The molecule has 1 aromatic carbocycles. The molecule has 1 fully saturated rings. The van der Waals surface area contributed by atoms with Crippen molar-refractivity contribution < 1.29 is 18.7 Å². The van der Waals surface area contributed by atoms with Gasteiger partial charge in [-0.05, 0) is 18.6 Å². The molecule has 0 aromatic heterocycles. The number of nitrogen functional groups attached to an aromatic ring is 1. The first-order chi connectivity index (χ1) is 9.99. The van der Waals surface area contributed by atoms with E-state index in [1.54, 1.807) is 4.90 Å². The molecule has 21 heavy (non-hydrogen) atoms. The summed E-state index contributed by atoms with van der Waals surface area (Å²) in [7, 11) is 1.23. The first-order valence-corrected chi connectivity index (χ1v) is 6.71. The molecule has 6 nitrogen and oxygen atoms in total. The van der Waals surface area contributed by atoms with Gasteiger partial charge in [0.15, 0.2) is 0 Å². The van der Waals surface area contributed by atoms with Gasteiger partial charge in [-0.25, -0.2) is 9.18 Å². The molecule has 1 amide bonds. The van der Waals surface area contributed by atoms with Crippen molar-refractivity contribution in [2.45, 2.75) is 19.4 Å². The second-order valence-electron chi connectivity index (χ2n) is 4.79. The molecule has 0 saturated carbocycles. The third-order valence-electron chi connectivity index (χ3n) is 3.55. The highest BCUT2D eigenvalue weighted by Gasteiger charge is 2.30. The Balaban J connectivity index is 2.47. The fourth-order valence-electron chi connectivity index (χ4n) is 2.49. The number of ether oxygens (including phenoxy) is 1. The molecule has 1 heterocycles. The van der Waals surface area contributed by atoms with Gasteiger partial charge in [0.1, 0.15) is 11.9 Å². The van der Waals surface area contributed by atoms with Crippen molar-refractivity contribution in [3.8, 4) is 0 Å². The fraction of sp³-hybridized carbons (Fsp3) is 0.429. The van der Waals surface area contributed by atoms with Crippen LogP contribution >= 0.6 is 0 Å². The third kappa shape index (κ3) is 2.76. The molecule has 1 aliphatic heterocycles. The minimum atomic E-state index is -0.636. The zero-order valence-electron chi connectivity index (χ0n) is 12.0. The van der Waals surface area contributed by atoms with Crippen LogP contribution in [0.4, 0.5) is 15.8 Å². The lowest BCUT2D eigenvalue weighted by atomic mass is 10.1. The number of rotatable bonds is 3. The smallest absolute Gasteiger partial charge is 0.340 e. The average Bonchev–Trinajstić information content (AvgIpc) is 2.46. The molecule has 0 radical (unpaired) electrons. The Bertz CT molecular complexity index is 577. The van der Waals surface area contributed by atoms with Gasteiger partial charge in [0.2, 0.25) is 5.91 Å². The Labute approximate surface area is 122 Å². The number of amides is 1. The number of carbonyl (C=O) groups is 2. The predicted octanol–water partition coefficient (Wildman–Crippen LogP) is 0.909. The van der Waals surface area contributed by atoms with Gasteiger partial charge in [0.05, 0.1) is 18.4 Å². The maximum absolute atomic E-state index is 14.2. The van der Waals surface area contributed by atoms with Crippen molar-refractivity contribution in [1.82, 2.24) is 5.32 Å². The van der Waals surface area contributed by atoms with Crippen LogP contribution in [0.2, 0.25) is 0 Å². The number of nitrogens with zero attached hydrogens (tertiary/aromatic N) is 1. The standard InChI is InChI=1S/C14H18FN3O3/c1-3-11-13(19)17-4-5-18(11)12-6-8(14(20)21-2)10(16)7-9(12)15/h6-7,11H,3-5,16H2,1-2H3,(H,17,19). The van der Waals surface area contributed by atoms with Crippen molar-refractivity contribution in [3.63, 3.8) is 0 Å². The highest BCUT2D eigenvalue weighted by Crippen LogP contribution is 2.29. The molecule has 0 bridgehead atoms. The number of benzene rings is 1. The van der Waals surface area contributed by atoms with Crippen LogP contribution in [0.1, 0.15) is 23.7 Å². The molecular weight excluding hydrogens is 277 g/mol. The molecule has 1 atom stereocenters. The molecule has 0 aliphatic carbocycles. The normalized spacial score (nSPS) is 18.3. The van der Waals surface area contributed by atoms with Crippen LogP contribution in [0.3, 0.4) is 0 Å². The number of esters is 1. The summed E-state index contributed by atoms with van der Waals surface area (Å²) in [5.41, 5.74) is 5.94. The molecule has 1 unspecified atom stereocenters. The Hall–Kier alpha value is -2.31. The number of methoxy groups -OCH3 is 1. The summed E-state index contributed by atoms with van der Waals surface area (Å²) in [5, 5.41) is 2.74. The largest absolute Gasteiger partial charge is 0.465 e. The van der Waals surface area contributed by atoms with E-state index in [1.165, 1.54) is 13.2 Å². The van der Waals surface area contributed by atoms with Crippen molar-refractivity contribution in [1.29, 1.82) is 0 Å². The molecule has 1 saturated heterocycles. The zero-order chi connectivity index (χ0) is 15.6. The van der Waals surface area contributed by atoms with E-state index in [2.05, 4.69) is 10.1 Å². The summed E-state index contributed by atoms with van der Waals surface area (Å²) in [5.74, 6) is -1.35. The number of anilines is 2. The Morgan fingerprint density at radius 3 is 2.90 bits per heavy atom. The molecule has 3 N–H and O–H groups in total. The predicted molar refractivity (Wildman–Crippen MR) is 76.6 cm³/mol. The SMILES string of the molecule is CCC1C(=O)NCCN1c1cc(C(=O)OC)c(N)cc1F. The summed E-state index contributed by atoms with van der Waals surface area (Å²) in [4.78, 5) is 25.2. The van der Waals surface area contributed by atoms with Crippen LogP contribution in [-0.4, -0.2) is 38.1 Å². The van der Waals surface area contributed by atoms with Crippen LogP contribution in [0, 0.1) is 5.82 Å². The minimum Gasteiger partial charge on any atom is -0.465 e. The summed E-state index contributed by atoms with van der Waals surface area (Å²) in [6.45, 7) is 2.73. The van der Waals surface area contributed by atoms with E-state index in [0.29, 0.717) is 19.5 Å². The summed E-state index contributed by atoms with van der Waals surface area (Å²) < 4.78 is 18.8. The monoisotopic (exact) mass is 295 g/mol. The van der Waals surface area contributed by atoms with Gasteiger partial charge in [-0.15, -0.1) is 0 Å². The van der Waals surface area contributed by atoms with Gasteiger partial charge < -0.3 is 20.7 Å². The molecule has 1 aromatic rings. The molecular formula is C14H18FN3O3. The first-order valence-electron chi connectivity index (χ1n) is 6.71. The number of halogens is 1. The number of piperazine rings is 1. The van der Waals surface area contributed by atoms with E-state index in [0.717, 1.165) is 6.07 Å². The van der Waals surface area contributed by atoms with Crippen molar-refractivity contribution >= 4 is 23.3 Å². The van der Waals surface area contributed by atoms with E-state index in [1.807, 2.05) is 6.92 Å². The van der Waals surface area contributed by atoms with E-state index in [4.69, 9.17) is 5.73 Å². The lowest BCUT2D eigenvalue weighted by Gasteiger charge is -2.36. The highest BCUT2D eigenvalue weighted by atomic mass is 19.1. The van der Waals surface area contributed by atoms with Crippen LogP contribution in [0.5, 0.6) is 0 Å². The minimum absolute atomic E-state index is 0.0117. The highest BCUT2D eigenvalue weighted by molar-refractivity contribution is 5.96. The molecule has 1 aliphatic rings. The number of carbonyl (C=O) groups excluding carboxylic acids is 2. The van der Waals surface area contributed by atoms with Crippen LogP contribution in [-0.2, 0) is 9.53 Å². The van der Waals surface area contributed by atoms with E-state index in [9.17, 15) is 14.0 Å². The van der Waals surface area contributed by atoms with Gasteiger partial charge in [0, 0.05) is 18.8 Å². The van der Waals surface area contributed by atoms with Gasteiger partial charge in [-0.3, -0.25) is 4.79 Å². The molecule has 114 valence electrons. The zero-order valence-corrected chi connectivity index (χ0v) is 12.0. The maximum Gasteiger partial charge on any atom is 0.340 e. The molecule has 7 heteroatoms. The lowest BCUT2D eigenvalue weighted by Crippen LogP contribution is -2.55. The first kappa shape index (κ1) is 15.1. The third-order valence-corrected chi connectivity index (χ3v) is 3.55. The van der Waals surface area contributed by atoms with E-state index >= 15 is 0 Å². The number of nitrogens with one attached hydrogen (secondary N) is 1. The van der Waals surface area contributed by atoms with Gasteiger partial charge in [-0.2, -0.15) is 0 Å². The maximum atomic E-state index is 14.2. The average molecular weight is 295 g/mol. The van der Waals surface area contributed by atoms with Crippen molar-refractivity contribution in [2.75, 3.05) is 30.8 Å².